The number of carbonyl (C=O) groups is 1. The summed E-state index contributed by atoms with van der Waals surface area (Å²) in [5.41, 5.74) is 6.77. The Hall–Kier alpha value is -3.39. The molecule has 0 spiro atoms. The molecule has 2 N–H and O–H groups in total. The van der Waals surface area contributed by atoms with E-state index in [4.69, 9.17) is 4.74 Å². The Morgan fingerprint density at radius 1 is 1.14 bits per heavy atom. The van der Waals surface area contributed by atoms with E-state index in [2.05, 4.69) is 57.3 Å². The standard InChI is InChI=1S/C28H34N6O2/c1-17(2)26-22-12-19(18-4-7-21(8-5-18)33-11-10-29-25(35)15-33)6-9-23(22)32-27(26)20-13-24(36-3)28-30-16-31-34(28)14-20/h6,9,12-14,16-18,21,32H,4-5,7-8,10-11,15H2,1-3H3,(H,29,35). The molecule has 1 saturated heterocycles. The van der Waals surface area contributed by atoms with E-state index < -0.39 is 0 Å². The highest BCUT2D eigenvalue weighted by Crippen LogP contribution is 2.40. The van der Waals surface area contributed by atoms with Gasteiger partial charge in [-0.3, -0.25) is 9.69 Å². The summed E-state index contributed by atoms with van der Waals surface area (Å²) in [5, 5.41) is 8.59. The number of rotatable bonds is 5. The van der Waals surface area contributed by atoms with Gasteiger partial charge in [-0.05, 0) is 66.8 Å². The van der Waals surface area contributed by atoms with Crippen LogP contribution in [0.2, 0.25) is 0 Å². The van der Waals surface area contributed by atoms with Gasteiger partial charge in [0.25, 0.3) is 0 Å². The summed E-state index contributed by atoms with van der Waals surface area (Å²) in [5.74, 6) is 1.79. The van der Waals surface area contributed by atoms with Gasteiger partial charge in [0.2, 0.25) is 5.91 Å². The van der Waals surface area contributed by atoms with Crippen molar-refractivity contribution in [2.75, 3.05) is 26.7 Å². The van der Waals surface area contributed by atoms with Crippen LogP contribution in [0, 0.1) is 0 Å². The number of aromatic amines is 1. The zero-order valence-electron chi connectivity index (χ0n) is 21.3. The average Bonchev–Trinajstić information content (AvgIpc) is 3.52. The summed E-state index contributed by atoms with van der Waals surface area (Å²) in [7, 11) is 1.67. The molecule has 4 aromatic rings. The molecule has 1 amide bonds. The Morgan fingerprint density at radius 3 is 2.72 bits per heavy atom. The van der Waals surface area contributed by atoms with Crippen molar-refractivity contribution >= 4 is 22.5 Å². The van der Waals surface area contributed by atoms with E-state index >= 15 is 0 Å². The van der Waals surface area contributed by atoms with Crippen LogP contribution in [0.1, 0.15) is 62.5 Å². The number of nitrogens with one attached hydrogen (secondary N) is 2. The normalized spacial score (nSPS) is 21.4. The second-order valence-corrected chi connectivity index (χ2v) is 10.5. The number of piperazine rings is 1. The van der Waals surface area contributed by atoms with E-state index in [1.165, 1.54) is 29.4 Å². The summed E-state index contributed by atoms with van der Waals surface area (Å²) in [6.45, 7) is 6.81. The second-order valence-electron chi connectivity index (χ2n) is 10.5. The van der Waals surface area contributed by atoms with Gasteiger partial charge in [-0.15, -0.1) is 0 Å². The molecule has 0 unspecified atom stereocenters. The van der Waals surface area contributed by atoms with Crippen molar-refractivity contribution in [1.29, 1.82) is 0 Å². The second kappa shape index (κ2) is 9.24. The molecular weight excluding hydrogens is 452 g/mol. The molecule has 6 rings (SSSR count). The highest BCUT2D eigenvalue weighted by Gasteiger charge is 2.29. The molecule has 36 heavy (non-hydrogen) atoms. The average molecular weight is 487 g/mol. The number of nitrogens with zero attached hydrogens (tertiary/aromatic N) is 4. The van der Waals surface area contributed by atoms with Gasteiger partial charge in [-0.2, -0.15) is 5.10 Å². The molecule has 2 aliphatic rings. The van der Waals surface area contributed by atoms with Crippen molar-refractivity contribution in [2.24, 2.45) is 0 Å². The van der Waals surface area contributed by atoms with Gasteiger partial charge in [-0.1, -0.05) is 19.9 Å². The minimum atomic E-state index is 0.166. The van der Waals surface area contributed by atoms with Crippen LogP contribution in [0.25, 0.3) is 27.8 Å². The number of pyridine rings is 1. The molecule has 2 fully saturated rings. The molecule has 4 heterocycles. The van der Waals surface area contributed by atoms with Crippen molar-refractivity contribution in [3.05, 3.63) is 47.9 Å². The summed E-state index contributed by atoms with van der Waals surface area (Å²) >= 11 is 0. The van der Waals surface area contributed by atoms with E-state index in [1.807, 2.05) is 12.3 Å². The molecule has 1 saturated carbocycles. The molecule has 188 valence electrons. The van der Waals surface area contributed by atoms with Crippen LogP contribution in [0.5, 0.6) is 5.75 Å². The first-order chi connectivity index (χ1) is 17.5. The van der Waals surface area contributed by atoms with Gasteiger partial charge in [0, 0.05) is 41.8 Å². The van der Waals surface area contributed by atoms with Crippen LogP contribution in [0.4, 0.5) is 0 Å². The van der Waals surface area contributed by atoms with Gasteiger partial charge in [0.1, 0.15) is 6.33 Å². The molecule has 0 bridgehead atoms. The topological polar surface area (TPSA) is 87.5 Å². The molecular formula is C28H34N6O2. The summed E-state index contributed by atoms with van der Waals surface area (Å²) in [4.78, 5) is 22.2. The fourth-order valence-corrected chi connectivity index (χ4v) is 6.24. The van der Waals surface area contributed by atoms with E-state index in [0.717, 1.165) is 42.7 Å². The number of hydrogen-bond donors (Lipinski definition) is 2. The molecule has 3 aromatic heterocycles. The number of amides is 1. The monoisotopic (exact) mass is 486 g/mol. The number of aromatic nitrogens is 4. The third kappa shape index (κ3) is 4.03. The quantitative estimate of drug-likeness (QED) is 0.435. The van der Waals surface area contributed by atoms with Crippen molar-refractivity contribution < 1.29 is 9.53 Å². The number of H-pyrrole nitrogens is 1. The number of fused-ring (bicyclic) bond motifs is 2. The molecule has 1 aliphatic carbocycles. The van der Waals surface area contributed by atoms with Crippen LogP contribution >= 0.6 is 0 Å². The third-order valence-corrected chi connectivity index (χ3v) is 8.04. The van der Waals surface area contributed by atoms with Gasteiger partial charge in [-0.25, -0.2) is 9.50 Å². The zero-order chi connectivity index (χ0) is 24.8. The Morgan fingerprint density at radius 2 is 1.97 bits per heavy atom. The maximum absolute atomic E-state index is 11.8. The van der Waals surface area contributed by atoms with Crippen LogP contribution in [0.15, 0.2) is 36.8 Å². The van der Waals surface area contributed by atoms with Crippen molar-refractivity contribution in [1.82, 2.24) is 29.8 Å². The maximum Gasteiger partial charge on any atom is 0.234 e. The number of benzene rings is 1. The van der Waals surface area contributed by atoms with E-state index in [-0.39, 0.29) is 5.91 Å². The lowest BCUT2D eigenvalue weighted by atomic mass is 9.80. The Kier molecular flexibility index (Phi) is 5.91. The minimum Gasteiger partial charge on any atom is -0.493 e. The number of hydrogen-bond acceptors (Lipinski definition) is 5. The Balaban J connectivity index is 1.31. The number of carbonyl (C=O) groups excluding carboxylic acids is 1. The first kappa shape index (κ1) is 23.0. The SMILES string of the molecule is COc1cc(-c2[nH]c3ccc(C4CCC(N5CCNC(=O)C5)CC4)cc3c2C(C)C)cn2ncnc12. The molecule has 1 aromatic carbocycles. The fraction of sp³-hybridized carbons (Fsp3) is 0.464. The van der Waals surface area contributed by atoms with Crippen LogP contribution < -0.4 is 10.1 Å². The van der Waals surface area contributed by atoms with E-state index in [9.17, 15) is 4.79 Å². The zero-order valence-corrected chi connectivity index (χ0v) is 21.3. The molecule has 1 aliphatic heterocycles. The fourth-order valence-electron chi connectivity index (χ4n) is 6.24. The first-order valence-corrected chi connectivity index (χ1v) is 13.1. The lowest BCUT2D eigenvalue weighted by molar-refractivity contribution is -0.125. The molecule has 8 nitrogen and oxygen atoms in total. The highest BCUT2D eigenvalue weighted by atomic mass is 16.5. The van der Waals surface area contributed by atoms with Gasteiger partial charge in [0.15, 0.2) is 11.4 Å². The van der Waals surface area contributed by atoms with Crippen molar-refractivity contribution in [2.45, 2.75) is 57.4 Å². The Labute approximate surface area is 211 Å². The van der Waals surface area contributed by atoms with E-state index in [1.54, 1.807) is 18.0 Å². The molecule has 0 atom stereocenters. The van der Waals surface area contributed by atoms with Crippen LogP contribution in [-0.2, 0) is 4.79 Å². The predicted octanol–water partition coefficient (Wildman–Crippen LogP) is 4.47. The molecule has 0 radical (unpaired) electrons. The lowest BCUT2D eigenvalue weighted by Crippen LogP contribution is -2.52. The summed E-state index contributed by atoms with van der Waals surface area (Å²) < 4.78 is 7.39. The van der Waals surface area contributed by atoms with Gasteiger partial charge >= 0.3 is 0 Å². The third-order valence-electron chi connectivity index (χ3n) is 8.04. The van der Waals surface area contributed by atoms with Crippen LogP contribution in [-0.4, -0.2) is 63.2 Å². The predicted molar refractivity (Wildman–Crippen MR) is 141 cm³/mol. The Bertz CT molecular complexity index is 1410. The smallest absolute Gasteiger partial charge is 0.234 e. The van der Waals surface area contributed by atoms with Gasteiger partial charge in [0.05, 0.1) is 19.3 Å². The maximum atomic E-state index is 11.8. The van der Waals surface area contributed by atoms with Crippen molar-refractivity contribution in [3.8, 4) is 17.0 Å². The van der Waals surface area contributed by atoms with Gasteiger partial charge < -0.3 is 15.0 Å². The summed E-state index contributed by atoms with van der Waals surface area (Å²) in [6, 6.07) is 9.53. The largest absolute Gasteiger partial charge is 0.493 e. The first-order valence-electron chi connectivity index (χ1n) is 13.1. The summed E-state index contributed by atoms with van der Waals surface area (Å²) in [6.07, 6.45) is 8.22. The van der Waals surface area contributed by atoms with Crippen LogP contribution in [0.3, 0.4) is 0 Å². The molecule has 8 heteroatoms. The highest BCUT2D eigenvalue weighted by molar-refractivity contribution is 5.92. The number of methoxy groups -OCH3 is 1. The minimum absolute atomic E-state index is 0.166. The van der Waals surface area contributed by atoms with E-state index in [0.29, 0.717) is 35.8 Å². The van der Waals surface area contributed by atoms with Crippen molar-refractivity contribution in [3.63, 3.8) is 0 Å². The number of ether oxygens (including phenoxy) is 1. The lowest BCUT2D eigenvalue weighted by Gasteiger charge is -2.38.